The molecular weight excluding hydrogens is 214 g/mol. The number of aromatic nitrogens is 2. The second-order valence-corrected chi connectivity index (χ2v) is 4.01. The van der Waals surface area contributed by atoms with Crippen LogP contribution >= 0.6 is 0 Å². The molecule has 0 bridgehead atoms. The lowest BCUT2D eigenvalue weighted by molar-refractivity contribution is -0.118. The molecule has 84 valence electrons. The van der Waals surface area contributed by atoms with Crippen LogP contribution < -0.4 is 5.73 Å². The highest BCUT2D eigenvalue weighted by atomic mass is 16.1. The third-order valence-electron chi connectivity index (χ3n) is 2.77. The fourth-order valence-electron chi connectivity index (χ4n) is 2.05. The van der Waals surface area contributed by atoms with Gasteiger partial charge >= 0.3 is 0 Å². The van der Waals surface area contributed by atoms with Crippen molar-refractivity contribution in [1.82, 2.24) is 9.55 Å². The molecule has 0 radical (unpaired) electrons. The minimum Gasteiger partial charge on any atom is -0.368 e. The van der Waals surface area contributed by atoms with Crippen molar-refractivity contribution in [3.05, 3.63) is 42.7 Å². The maximum absolute atomic E-state index is 10.9. The van der Waals surface area contributed by atoms with Crippen molar-refractivity contribution in [2.75, 3.05) is 0 Å². The molecule has 0 saturated carbocycles. The van der Waals surface area contributed by atoms with Crippen molar-refractivity contribution in [2.24, 2.45) is 5.73 Å². The summed E-state index contributed by atoms with van der Waals surface area (Å²) in [7, 11) is 0. The van der Waals surface area contributed by atoms with Gasteiger partial charge in [0, 0.05) is 23.3 Å². The van der Waals surface area contributed by atoms with E-state index in [2.05, 4.69) is 4.98 Å². The number of pyridine rings is 1. The van der Waals surface area contributed by atoms with Gasteiger partial charge in [0.2, 0.25) is 5.91 Å². The van der Waals surface area contributed by atoms with Gasteiger partial charge in [0.25, 0.3) is 0 Å². The molecule has 1 aromatic carbocycles. The van der Waals surface area contributed by atoms with E-state index in [1.54, 1.807) is 4.57 Å². The van der Waals surface area contributed by atoms with E-state index in [0.29, 0.717) is 0 Å². The van der Waals surface area contributed by atoms with Gasteiger partial charge in [0.15, 0.2) is 0 Å². The van der Waals surface area contributed by atoms with Crippen LogP contribution in [0.1, 0.15) is 0 Å². The van der Waals surface area contributed by atoms with E-state index < -0.39 is 0 Å². The molecule has 2 aliphatic heterocycles. The van der Waals surface area contributed by atoms with E-state index in [0.717, 1.165) is 22.2 Å². The Hall–Kier alpha value is -2.36. The number of hydrogen-bond acceptors (Lipinski definition) is 2. The van der Waals surface area contributed by atoms with Crippen molar-refractivity contribution in [3.8, 4) is 11.3 Å². The zero-order valence-electron chi connectivity index (χ0n) is 9.13. The van der Waals surface area contributed by atoms with Crippen LogP contribution in [0.25, 0.3) is 22.2 Å². The predicted molar refractivity (Wildman–Crippen MR) is 65.5 cm³/mol. The van der Waals surface area contributed by atoms with Crippen LogP contribution in [0.4, 0.5) is 0 Å². The quantitative estimate of drug-likeness (QED) is 0.720. The summed E-state index contributed by atoms with van der Waals surface area (Å²) in [5, 5.41) is 1.13. The Kier molecular flexibility index (Phi) is 2.08. The summed E-state index contributed by atoms with van der Waals surface area (Å²) in [6.07, 6.45) is 3.70. The molecule has 1 aromatic rings. The standard InChI is InChI=1S/C13H11N3O/c14-13(17)8-16-6-5-10-9-3-1-2-4-11(9)15-12(10)7-16/h1-7H,8H2,(H2,14,17). The lowest BCUT2D eigenvalue weighted by Crippen LogP contribution is -2.18. The number of benzene rings is 1. The first-order valence-electron chi connectivity index (χ1n) is 5.36. The van der Waals surface area contributed by atoms with Crippen LogP contribution in [-0.4, -0.2) is 15.5 Å². The van der Waals surface area contributed by atoms with Gasteiger partial charge in [-0.2, -0.15) is 0 Å². The third kappa shape index (κ3) is 1.63. The number of carbonyl (C=O) groups excluding carboxylic acids is 1. The van der Waals surface area contributed by atoms with E-state index in [1.165, 1.54) is 0 Å². The Balaban J connectivity index is 2.20. The maximum Gasteiger partial charge on any atom is 0.237 e. The summed E-state index contributed by atoms with van der Waals surface area (Å²) in [5.74, 6) is -0.356. The average Bonchev–Trinajstić information content (AvgIpc) is 2.65. The normalized spacial score (nSPS) is 11.1. The lowest BCUT2D eigenvalue weighted by atomic mass is 10.1. The Morgan fingerprint density at radius 3 is 2.94 bits per heavy atom. The van der Waals surface area contributed by atoms with Gasteiger partial charge in [-0.1, -0.05) is 18.2 Å². The molecule has 0 atom stereocenters. The highest BCUT2D eigenvalue weighted by molar-refractivity contribution is 5.97. The van der Waals surface area contributed by atoms with E-state index in [-0.39, 0.29) is 12.5 Å². The predicted octanol–water partition coefficient (Wildman–Crippen LogP) is 1.63. The SMILES string of the molecule is NC(=O)Cn1ccc2c3ccccc3nc-2c1. The second kappa shape index (κ2) is 3.59. The number of hydrogen-bond donors (Lipinski definition) is 1. The number of para-hydroxylation sites is 1. The molecule has 0 aliphatic carbocycles. The van der Waals surface area contributed by atoms with Crippen LogP contribution in [0.5, 0.6) is 0 Å². The Morgan fingerprint density at radius 1 is 1.29 bits per heavy atom. The second-order valence-electron chi connectivity index (χ2n) is 4.01. The summed E-state index contributed by atoms with van der Waals surface area (Å²) in [6.45, 7) is 0.180. The summed E-state index contributed by atoms with van der Waals surface area (Å²) < 4.78 is 1.75. The van der Waals surface area contributed by atoms with Crippen molar-refractivity contribution in [3.63, 3.8) is 0 Å². The fraction of sp³-hybridized carbons (Fsp3) is 0.0769. The Morgan fingerprint density at radius 2 is 2.12 bits per heavy atom. The van der Waals surface area contributed by atoms with Crippen molar-refractivity contribution in [1.29, 1.82) is 0 Å². The highest BCUT2D eigenvalue weighted by Gasteiger charge is 2.11. The van der Waals surface area contributed by atoms with E-state index in [4.69, 9.17) is 5.73 Å². The maximum atomic E-state index is 10.9. The number of rotatable bonds is 2. The van der Waals surface area contributed by atoms with Crippen LogP contribution in [0.2, 0.25) is 0 Å². The molecule has 0 unspecified atom stereocenters. The van der Waals surface area contributed by atoms with Crippen molar-refractivity contribution >= 4 is 16.8 Å². The summed E-state index contributed by atoms with van der Waals surface area (Å²) >= 11 is 0. The van der Waals surface area contributed by atoms with Gasteiger partial charge in [-0.25, -0.2) is 4.98 Å². The molecule has 4 heteroatoms. The lowest BCUT2D eigenvalue weighted by Gasteiger charge is -2.05. The molecule has 3 rings (SSSR count). The van der Waals surface area contributed by atoms with Crippen molar-refractivity contribution in [2.45, 2.75) is 6.54 Å². The molecule has 2 aliphatic rings. The molecule has 2 N–H and O–H groups in total. The molecule has 0 saturated heterocycles. The molecule has 17 heavy (non-hydrogen) atoms. The van der Waals surface area contributed by atoms with Gasteiger partial charge in [0.1, 0.15) is 6.54 Å². The van der Waals surface area contributed by atoms with E-state index in [1.807, 2.05) is 42.7 Å². The number of fused-ring (bicyclic) bond motifs is 3. The Bertz CT molecular complexity index is 672. The average molecular weight is 225 g/mol. The summed E-state index contributed by atoms with van der Waals surface area (Å²) in [6, 6.07) is 9.95. The molecular formula is C13H11N3O. The first-order valence-corrected chi connectivity index (χ1v) is 5.36. The zero-order valence-corrected chi connectivity index (χ0v) is 9.13. The number of amides is 1. The van der Waals surface area contributed by atoms with Crippen LogP contribution in [0.3, 0.4) is 0 Å². The van der Waals surface area contributed by atoms with Gasteiger partial charge in [-0.3, -0.25) is 4.79 Å². The molecule has 0 spiro atoms. The molecule has 4 nitrogen and oxygen atoms in total. The number of nitrogens with zero attached hydrogens (tertiary/aromatic N) is 2. The molecule has 1 amide bonds. The fourth-order valence-corrected chi connectivity index (χ4v) is 2.05. The monoisotopic (exact) mass is 225 g/mol. The van der Waals surface area contributed by atoms with Crippen molar-refractivity contribution < 1.29 is 4.79 Å². The largest absolute Gasteiger partial charge is 0.368 e. The topological polar surface area (TPSA) is 60.9 Å². The minimum atomic E-state index is -0.356. The summed E-state index contributed by atoms with van der Waals surface area (Å²) in [4.78, 5) is 15.4. The van der Waals surface area contributed by atoms with Crippen LogP contribution in [0.15, 0.2) is 42.7 Å². The van der Waals surface area contributed by atoms with E-state index in [9.17, 15) is 4.79 Å². The highest BCUT2D eigenvalue weighted by Crippen LogP contribution is 2.29. The smallest absolute Gasteiger partial charge is 0.237 e. The molecule has 2 heterocycles. The number of carbonyl (C=O) groups is 1. The van der Waals surface area contributed by atoms with Gasteiger partial charge in [0.05, 0.1) is 11.2 Å². The van der Waals surface area contributed by atoms with Gasteiger partial charge in [-0.05, 0) is 12.1 Å². The zero-order chi connectivity index (χ0) is 11.8. The number of primary amides is 1. The molecule has 0 fully saturated rings. The third-order valence-corrected chi connectivity index (χ3v) is 2.77. The number of nitrogens with two attached hydrogens (primary N) is 1. The first-order chi connectivity index (χ1) is 8.24. The minimum absolute atomic E-state index is 0.180. The molecule has 0 aromatic heterocycles. The summed E-state index contributed by atoms with van der Waals surface area (Å²) in [5.41, 5.74) is 8.12. The van der Waals surface area contributed by atoms with Crippen LogP contribution in [-0.2, 0) is 11.3 Å². The van der Waals surface area contributed by atoms with Gasteiger partial charge < -0.3 is 10.3 Å². The van der Waals surface area contributed by atoms with Crippen LogP contribution in [0, 0.1) is 0 Å². The van der Waals surface area contributed by atoms with Gasteiger partial charge in [-0.15, -0.1) is 0 Å². The first kappa shape index (κ1) is 9.84. The van der Waals surface area contributed by atoms with E-state index >= 15 is 0 Å². The Labute approximate surface area is 98.0 Å².